The number of hydrogen-bond donors (Lipinski definition) is 2. The van der Waals surface area contributed by atoms with Crippen LogP contribution in [-0.4, -0.2) is 54.0 Å². The Labute approximate surface area is 182 Å². The zero-order chi connectivity index (χ0) is 18.5. The van der Waals surface area contributed by atoms with Crippen molar-refractivity contribution in [2.75, 3.05) is 31.6 Å². The van der Waals surface area contributed by atoms with E-state index in [9.17, 15) is 9.59 Å². The number of rotatable bonds is 4. The van der Waals surface area contributed by atoms with Gasteiger partial charge in [0.25, 0.3) is 0 Å². The van der Waals surface area contributed by atoms with Crippen molar-refractivity contribution in [3.8, 4) is 0 Å². The van der Waals surface area contributed by atoms with Gasteiger partial charge in [-0.2, -0.15) is 0 Å². The van der Waals surface area contributed by atoms with Crippen molar-refractivity contribution in [3.63, 3.8) is 0 Å². The van der Waals surface area contributed by atoms with Gasteiger partial charge in [0, 0.05) is 32.5 Å². The smallest absolute Gasteiger partial charge is 0.239 e. The van der Waals surface area contributed by atoms with E-state index < -0.39 is 6.04 Å². The van der Waals surface area contributed by atoms with Crippen molar-refractivity contribution in [1.82, 2.24) is 9.88 Å². The summed E-state index contributed by atoms with van der Waals surface area (Å²) in [6, 6.07) is 2.82. The maximum Gasteiger partial charge on any atom is 0.239 e. The van der Waals surface area contributed by atoms with Crippen LogP contribution in [0.25, 0.3) is 0 Å². The van der Waals surface area contributed by atoms with E-state index in [4.69, 9.17) is 22.1 Å². The molecule has 2 unspecified atom stereocenters. The minimum atomic E-state index is -0.515. The van der Waals surface area contributed by atoms with Gasteiger partial charge < -0.3 is 20.7 Å². The highest BCUT2D eigenvalue weighted by molar-refractivity contribution is 6.30. The average molecular weight is 454 g/mol. The molecule has 158 valence electrons. The van der Waals surface area contributed by atoms with Gasteiger partial charge in [-0.25, -0.2) is 4.98 Å². The van der Waals surface area contributed by atoms with Gasteiger partial charge in [-0.3, -0.25) is 9.59 Å². The number of piperidine rings is 1. The van der Waals surface area contributed by atoms with Crippen molar-refractivity contribution in [2.24, 2.45) is 17.6 Å². The molecule has 1 aromatic rings. The van der Waals surface area contributed by atoms with Crippen LogP contribution in [0.1, 0.15) is 25.7 Å². The van der Waals surface area contributed by atoms with Gasteiger partial charge in [-0.05, 0) is 43.7 Å². The SMILES string of the molecule is Cl.Cl.NC(C(=O)N1CCCC(C(=O)Nc2ccc(Cl)cn2)C1)C1CCOCC1. The summed E-state index contributed by atoms with van der Waals surface area (Å²) >= 11 is 5.81. The summed E-state index contributed by atoms with van der Waals surface area (Å²) in [6.07, 6.45) is 4.65. The monoisotopic (exact) mass is 452 g/mol. The normalized spacial score (nSPS) is 21.1. The average Bonchev–Trinajstić information content (AvgIpc) is 2.69. The lowest BCUT2D eigenvalue weighted by atomic mass is 9.90. The summed E-state index contributed by atoms with van der Waals surface area (Å²) in [5, 5.41) is 3.31. The minimum absolute atomic E-state index is 0. The Hall–Kier alpha value is -1.12. The van der Waals surface area contributed by atoms with E-state index in [1.54, 1.807) is 17.0 Å². The van der Waals surface area contributed by atoms with Crippen LogP contribution in [0.2, 0.25) is 5.02 Å². The van der Waals surface area contributed by atoms with Crippen LogP contribution in [0.3, 0.4) is 0 Å². The molecule has 10 heteroatoms. The van der Waals surface area contributed by atoms with E-state index in [0.29, 0.717) is 37.1 Å². The standard InChI is InChI=1S/C18H25ClN4O3.2ClH/c19-14-3-4-15(21-10-14)22-17(24)13-2-1-7-23(11-13)18(25)16(20)12-5-8-26-9-6-12;;/h3-4,10,12-13,16H,1-2,5-9,11,20H2,(H,21,22,24);2*1H. The molecule has 7 nitrogen and oxygen atoms in total. The summed E-state index contributed by atoms with van der Waals surface area (Å²) in [5.74, 6) is 0.175. The second-order valence-corrected chi connectivity index (χ2v) is 7.39. The third-order valence-electron chi connectivity index (χ3n) is 5.14. The number of carbonyl (C=O) groups is 2. The zero-order valence-electron chi connectivity index (χ0n) is 15.5. The number of nitrogens with one attached hydrogen (secondary N) is 1. The quantitative estimate of drug-likeness (QED) is 0.730. The molecule has 3 rings (SSSR count). The van der Waals surface area contributed by atoms with Crippen LogP contribution in [0, 0.1) is 11.8 Å². The molecule has 0 radical (unpaired) electrons. The van der Waals surface area contributed by atoms with E-state index in [0.717, 1.165) is 25.7 Å². The number of hydrogen-bond acceptors (Lipinski definition) is 5. The molecule has 3 heterocycles. The van der Waals surface area contributed by atoms with Gasteiger partial charge in [0.1, 0.15) is 5.82 Å². The Bertz CT molecular complexity index is 641. The van der Waals surface area contributed by atoms with Gasteiger partial charge in [0.05, 0.1) is 17.0 Å². The number of anilines is 1. The lowest BCUT2D eigenvalue weighted by Gasteiger charge is -2.36. The molecular weight excluding hydrogens is 427 g/mol. The molecule has 1 aromatic heterocycles. The highest BCUT2D eigenvalue weighted by Crippen LogP contribution is 2.23. The van der Waals surface area contributed by atoms with Crippen LogP contribution in [0.15, 0.2) is 18.3 Å². The molecule has 2 amide bonds. The topological polar surface area (TPSA) is 97.6 Å². The lowest BCUT2D eigenvalue weighted by Crippen LogP contribution is -2.52. The Morgan fingerprint density at radius 3 is 2.61 bits per heavy atom. The number of pyridine rings is 1. The van der Waals surface area contributed by atoms with E-state index in [1.807, 2.05) is 0 Å². The first-order valence-electron chi connectivity index (χ1n) is 9.09. The number of ether oxygens (including phenoxy) is 1. The van der Waals surface area contributed by atoms with Crippen LogP contribution >= 0.6 is 36.4 Å². The first-order chi connectivity index (χ1) is 12.5. The maximum atomic E-state index is 12.8. The van der Waals surface area contributed by atoms with Crippen LogP contribution in [0.5, 0.6) is 0 Å². The van der Waals surface area contributed by atoms with Crippen molar-refractivity contribution in [2.45, 2.75) is 31.7 Å². The molecule has 0 spiro atoms. The summed E-state index contributed by atoms with van der Waals surface area (Å²) in [4.78, 5) is 31.1. The molecule has 2 aliphatic heterocycles. The van der Waals surface area contributed by atoms with Crippen LogP contribution < -0.4 is 11.1 Å². The summed E-state index contributed by atoms with van der Waals surface area (Å²) in [7, 11) is 0. The van der Waals surface area contributed by atoms with Crippen molar-refractivity contribution in [3.05, 3.63) is 23.4 Å². The predicted octanol–water partition coefficient (Wildman–Crippen LogP) is 2.51. The fraction of sp³-hybridized carbons (Fsp3) is 0.611. The molecule has 2 atom stereocenters. The van der Waals surface area contributed by atoms with E-state index >= 15 is 0 Å². The number of carbonyl (C=O) groups excluding carboxylic acids is 2. The zero-order valence-corrected chi connectivity index (χ0v) is 17.9. The van der Waals surface area contributed by atoms with Gasteiger partial charge in [0.2, 0.25) is 11.8 Å². The second-order valence-electron chi connectivity index (χ2n) is 6.95. The number of aromatic nitrogens is 1. The number of amides is 2. The van der Waals surface area contributed by atoms with Gasteiger partial charge in [0.15, 0.2) is 0 Å². The summed E-state index contributed by atoms with van der Waals surface area (Å²) < 4.78 is 5.34. The molecule has 0 saturated carbocycles. The largest absolute Gasteiger partial charge is 0.381 e. The fourth-order valence-corrected chi connectivity index (χ4v) is 3.67. The molecular formula is C18H27Cl3N4O3. The third-order valence-corrected chi connectivity index (χ3v) is 5.37. The highest BCUT2D eigenvalue weighted by Gasteiger charge is 2.34. The molecule has 2 aliphatic rings. The number of halogens is 3. The first-order valence-corrected chi connectivity index (χ1v) is 9.47. The van der Waals surface area contributed by atoms with E-state index in [2.05, 4.69) is 10.3 Å². The molecule has 0 aromatic carbocycles. The Morgan fingerprint density at radius 2 is 1.96 bits per heavy atom. The fourth-order valence-electron chi connectivity index (χ4n) is 3.56. The number of nitrogens with two attached hydrogens (primary N) is 1. The molecule has 2 fully saturated rings. The van der Waals surface area contributed by atoms with Crippen molar-refractivity contribution in [1.29, 1.82) is 0 Å². The Morgan fingerprint density at radius 1 is 1.25 bits per heavy atom. The molecule has 0 aliphatic carbocycles. The third kappa shape index (κ3) is 6.46. The minimum Gasteiger partial charge on any atom is -0.381 e. The summed E-state index contributed by atoms with van der Waals surface area (Å²) in [6.45, 7) is 2.36. The predicted molar refractivity (Wildman–Crippen MR) is 113 cm³/mol. The number of likely N-dealkylation sites (tertiary alicyclic amines) is 1. The molecule has 0 bridgehead atoms. The molecule has 2 saturated heterocycles. The van der Waals surface area contributed by atoms with E-state index in [-0.39, 0.29) is 48.5 Å². The van der Waals surface area contributed by atoms with E-state index in [1.165, 1.54) is 6.20 Å². The van der Waals surface area contributed by atoms with Crippen molar-refractivity contribution < 1.29 is 14.3 Å². The van der Waals surface area contributed by atoms with Gasteiger partial charge >= 0.3 is 0 Å². The highest BCUT2D eigenvalue weighted by atomic mass is 35.5. The van der Waals surface area contributed by atoms with Gasteiger partial charge in [-0.1, -0.05) is 11.6 Å². The summed E-state index contributed by atoms with van der Waals surface area (Å²) in [5.41, 5.74) is 6.21. The van der Waals surface area contributed by atoms with Gasteiger partial charge in [-0.15, -0.1) is 24.8 Å². The lowest BCUT2D eigenvalue weighted by molar-refractivity contribution is -0.137. The van der Waals surface area contributed by atoms with Crippen molar-refractivity contribution >= 4 is 54.0 Å². The molecule has 3 N–H and O–H groups in total. The Balaban J connectivity index is 0.00000196. The van der Waals surface area contributed by atoms with Crippen LogP contribution in [0.4, 0.5) is 5.82 Å². The second kappa shape index (κ2) is 11.8. The maximum absolute atomic E-state index is 12.8. The first kappa shape index (κ1) is 24.9. The molecule has 28 heavy (non-hydrogen) atoms. The number of nitrogens with zero attached hydrogens (tertiary/aromatic N) is 2. The Kier molecular flexibility index (Phi) is 10.5. The van der Waals surface area contributed by atoms with Crippen LogP contribution in [-0.2, 0) is 14.3 Å².